The summed E-state index contributed by atoms with van der Waals surface area (Å²) in [6.07, 6.45) is 7.31. The Bertz CT molecular complexity index is 1730. The van der Waals surface area contributed by atoms with Crippen LogP contribution >= 0.6 is 0 Å². The van der Waals surface area contributed by atoms with E-state index in [9.17, 15) is 30.0 Å². The van der Waals surface area contributed by atoms with E-state index in [0.717, 1.165) is 38.1 Å². The first kappa shape index (κ1) is 28.8. The summed E-state index contributed by atoms with van der Waals surface area (Å²) in [5, 5.41) is 17.4. The van der Waals surface area contributed by atoms with E-state index in [2.05, 4.69) is 24.9 Å². The SMILES string of the molecule is O=S(=O)(CCO)Nc1cc(N2CCC3(CC2)CC3)c(-c2cn(-c3ccc(F)c(S(=O)(=O)N4CC(F)(F)C4)c3)nn2)cn1. The molecule has 3 aliphatic rings. The standard InChI is InChI=1S/C25H28F3N7O5S2/c26-19-2-1-17(11-22(19)42(39,40)34-15-25(27,28)16-34)35-14-20(30-32-35)18-13-29-23(31-41(37,38)10-9-36)12-21(18)33-7-5-24(3-4-24)6-8-33/h1-2,11-14,36H,3-10,15-16H2,(H,29,31). The molecule has 0 radical (unpaired) electrons. The summed E-state index contributed by atoms with van der Waals surface area (Å²) in [5.41, 5.74) is 2.05. The van der Waals surface area contributed by atoms with Gasteiger partial charge in [-0.3, -0.25) is 4.72 Å². The maximum atomic E-state index is 14.6. The number of hydrogen-bond acceptors (Lipinski definition) is 9. The van der Waals surface area contributed by atoms with Gasteiger partial charge in [0.1, 0.15) is 22.2 Å². The van der Waals surface area contributed by atoms with Gasteiger partial charge in [0.25, 0.3) is 5.92 Å². The Kier molecular flexibility index (Phi) is 6.98. The molecular weight excluding hydrogens is 599 g/mol. The quantitative estimate of drug-likeness (QED) is 0.364. The maximum absolute atomic E-state index is 14.6. The zero-order valence-electron chi connectivity index (χ0n) is 22.2. The monoisotopic (exact) mass is 627 g/mol. The molecule has 2 aliphatic heterocycles. The van der Waals surface area contributed by atoms with E-state index >= 15 is 0 Å². The molecule has 3 aromatic rings. The number of piperidine rings is 1. The van der Waals surface area contributed by atoms with E-state index in [1.165, 1.54) is 36.0 Å². The molecule has 0 amide bonds. The minimum atomic E-state index is -4.50. The van der Waals surface area contributed by atoms with Crippen molar-refractivity contribution in [1.29, 1.82) is 0 Å². The van der Waals surface area contributed by atoms with Crippen LogP contribution in [0.1, 0.15) is 25.7 Å². The third kappa shape index (κ3) is 5.57. The van der Waals surface area contributed by atoms with Gasteiger partial charge in [0.15, 0.2) is 0 Å². The van der Waals surface area contributed by atoms with Crippen LogP contribution in [-0.2, 0) is 20.0 Å². The van der Waals surface area contributed by atoms with E-state index in [0.29, 0.717) is 26.7 Å². The number of rotatable bonds is 9. The second kappa shape index (κ2) is 10.2. The van der Waals surface area contributed by atoms with Gasteiger partial charge in [0, 0.05) is 30.9 Å². The zero-order chi connectivity index (χ0) is 29.9. The zero-order valence-corrected chi connectivity index (χ0v) is 23.9. The molecule has 0 bridgehead atoms. The van der Waals surface area contributed by atoms with Gasteiger partial charge < -0.3 is 10.0 Å². The van der Waals surface area contributed by atoms with E-state index in [1.807, 2.05) is 0 Å². The average molecular weight is 628 g/mol. The lowest BCUT2D eigenvalue weighted by Gasteiger charge is -2.37. The van der Waals surface area contributed by atoms with E-state index in [1.54, 1.807) is 6.07 Å². The summed E-state index contributed by atoms with van der Waals surface area (Å²) in [7, 11) is -8.32. The van der Waals surface area contributed by atoms with Crippen LogP contribution in [0, 0.1) is 11.2 Å². The summed E-state index contributed by atoms with van der Waals surface area (Å²) >= 11 is 0. The second-order valence-electron chi connectivity index (χ2n) is 11.0. The molecule has 6 rings (SSSR count). The molecule has 17 heteroatoms. The van der Waals surface area contributed by atoms with Gasteiger partial charge in [-0.2, -0.15) is 4.31 Å². The van der Waals surface area contributed by atoms with Crippen molar-refractivity contribution in [2.45, 2.75) is 36.5 Å². The van der Waals surface area contributed by atoms with Gasteiger partial charge in [0.05, 0.1) is 43.0 Å². The molecule has 0 atom stereocenters. The van der Waals surface area contributed by atoms with Crippen LogP contribution in [0.25, 0.3) is 16.9 Å². The highest BCUT2D eigenvalue weighted by Gasteiger charge is 2.50. The van der Waals surface area contributed by atoms with E-state index in [4.69, 9.17) is 5.11 Å². The summed E-state index contributed by atoms with van der Waals surface area (Å²) in [6.45, 7) is -1.11. The lowest BCUT2D eigenvalue weighted by Crippen LogP contribution is -2.58. The molecule has 0 unspecified atom stereocenters. The lowest BCUT2D eigenvalue weighted by atomic mass is 9.93. The Labute approximate surface area is 240 Å². The lowest BCUT2D eigenvalue weighted by molar-refractivity contribution is -0.0945. The van der Waals surface area contributed by atoms with E-state index < -0.39 is 62.1 Å². The Morgan fingerprint density at radius 3 is 2.38 bits per heavy atom. The first-order valence-electron chi connectivity index (χ1n) is 13.3. The molecule has 12 nitrogen and oxygen atoms in total. The fourth-order valence-electron chi connectivity index (χ4n) is 5.31. The number of sulfonamides is 2. The summed E-state index contributed by atoms with van der Waals surface area (Å²) < 4.78 is 95.4. The van der Waals surface area contributed by atoms with Gasteiger partial charge in [-0.25, -0.2) is 39.7 Å². The number of nitrogens with one attached hydrogen (secondary N) is 1. The van der Waals surface area contributed by atoms with Crippen molar-refractivity contribution in [3.05, 3.63) is 42.5 Å². The smallest absolute Gasteiger partial charge is 0.275 e. The van der Waals surface area contributed by atoms with Crippen LogP contribution in [-0.4, -0.2) is 90.7 Å². The molecule has 1 aliphatic carbocycles. The van der Waals surface area contributed by atoms with Crippen LogP contribution in [0.3, 0.4) is 0 Å². The highest BCUT2D eigenvalue weighted by atomic mass is 32.2. The molecule has 2 N–H and O–H groups in total. The molecule has 1 saturated carbocycles. The van der Waals surface area contributed by atoms with Crippen molar-refractivity contribution in [3.8, 4) is 16.9 Å². The van der Waals surface area contributed by atoms with Gasteiger partial charge in [0.2, 0.25) is 20.0 Å². The molecule has 3 fully saturated rings. The average Bonchev–Trinajstić information content (AvgIpc) is 3.48. The normalized spacial score (nSPS) is 20.0. The van der Waals surface area contributed by atoms with Crippen LogP contribution in [0.2, 0.25) is 0 Å². The molecule has 2 saturated heterocycles. The third-order valence-corrected chi connectivity index (χ3v) is 11.1. The number of alkyl halides is 2. The molecule has 1 spiro atoms. The van der Waals surface area contributed by atoms with Crippen molar-refractivity contribution in [3.63, 3.8) is 0 Å². The van der Waals surface area contributed by atoms with Crippen molar-refractivity contribution >= 4 is 31.6 Å². The summed E-state index contributed by atoms with van der Waals surface area (Å²) in [4.78, 5) is 5.60. The van der Waals surface area contributed by atoms with E-state index in [-0.39, 0.29) is 11.5 Å². The number of aromatic nitrogens is 4. The Balaban J connectivity index is 1.32. The van der Waals surface area contributed by atoms with Gasteiger partial charge in [-0.05, 0) is 49.3 Å². The minimum absolute atomic E-state index is 0.0752. The molecule has 4 heterocycles. The fraction of sp³-hybridized carbons (Fsp3) is 0.480. The first-order chi connectivity index (χ1) is 19.8. The number of benzene rings is 1. The van der Waals surface area contributed by atoms with Crippen LogP contribution in [0.5, 0.6) is 0 Å². The van der Waals surface area contributed by atoms with Gasteiger partial charge in [-0.15, -0.1) is 5.10 Å². The summed E-state index contributed by atoms with van der Waals surface area (Å²) in [5.74, 6) is -4.65. The third-order valence-electron chi connectivity index (χ3n) is 8.01. The minimum Gasteiger partial charge on any atom is -0.395 e. The second-order valence-corrected chi connectivity index (χ2v) is 14.8. The molecular formula is C25H28F3N7O5S2. The number of hydrogen-bond donors (Lipinski definition) is 2. The van der Waals surface area contributed by atoms with Gasteiger partial charge >= 0.3 is 0 Å². The van der Waals surface area contributed by atoms with Crippen LogP contribution < -0.4 is 9.62 Å². The van der Waals surface area contributed by atoms with Gasteiger partial charge in [-0.1, -0.05) is 5.21 Å². The highest BCUT2D eigenvalue weighted by Crippen LogP contribution is 2.54. The number of aliphatic hydroxyl groups excluding tert-OH is 1. The van der Waals surface area contributed by atoms with Crippen LogP contribution in [0.15, 0.2) is 41.6 Å². The van der Waals surface area contributed by atoms with Crippen molar-refractivity contribution in [2.75, 3.05) is 48.2 Å². The number of nitrogens with zero attached hydrogens (tertiary/aromatic N) is 6. The Hall–Kier alpha value is -3.28. The fourth-order valence-corrected chi connectivity index (χ4v) is 7.67. The molecule has 2 aromatic heterocycles. The Morgan fingerprint density at radius 1 is 1.02 bits per heavy atom. The predicted octanol–water partition coefficient (Wildman–Crippen LogP) is 2.22. The molecule has 42 heavy (non-hydrogen) atoms. The van der Waals surface area contributed by atoms with Crippen molar-refractivity contribution in [2.24, 2.45) is 5.41 Å². The topological polar surface area (TPSA) is 151 Å². The molecule has 1 aromatic carbocycles. The van der Waals surface area contributed by atoms with Crippen molar-refractivity contribution in [1.82, 2.24) is 24.3 Å². The first-order valence-corrected chi connectivity index (χ1v) is 16.4. The number of pyridine rings is 1. The highest BCUT2D eigenvalue weighted by molar-refractivity contribution is 7.92. The van der Waals surface area contributed by atoms with Crippen LogP contribution in [0.4, 0.5) is 24.7 Å². The number of aliphatic hydroxyl groups is 1. The Morgan fingerprint density at radius 2 is 1.74 bits per heavy atom. The maximum Gasteiger partial charge on any atom is 0.275 e. The van der Waals surface area contributed by atoms with Crippen molar-refractivity contribution < 1.29 is 35.1 Å². The number of anilines is 2. The molecule has 226 valence electrons. The largest absolute Gasteiger partial charge is 0.395 e. The predicted molar refractivity (Wildman–Crippen MR) is 146 cm³/mol. The summed E-state index contributed by atoms with van der Waals surface area (Å²) in [6, 6.07) is 4.82. The number of halogens is 3.